The van der Waals surface area contributed by atoms with E-state index in [1.807, 2.05) is 34.9 Å². The van der Waals surface area contributed by atoms with Crippen molar-refractivity contribution in [3.05, 3.63) is 189 Å². The normalized spacial score (nSPS) is 12.2. The molecule has 8 nitrogen and oxygen atoms in total. The van der Waals surface area contributed by atoms with E-state index in [1.54, 1.807) is 0 Å². The third-order valence-corrected chi connectivity index (χ3v) is 10.8. The molecular weight excluding hydrogens is 713 g/mol. The van der Waals surface area contributed by atoms with Crippen LogP contribution in [0.4, 0.5) is 5.95 Å². The summed E-state index contributed by atoms with van der Waals surface area (Å²) >= 11 is 0. The van der Waals surface area contributed by atoms with Gasteiger partial charge in [0.2, 0.25) is 0 Å². The SMILES string of the molecule is CC1=Cc2cc3nnc(nc4nc(c(Cc5ccccc5)c5c(Cc6ccccc6)c(C)c(c(C)c1n2)n5C)C(Cc1ccccc1)=N4)n3Cc1ccccc1.[Mg]. The lowest BCUT2D eigenvalue weighted by atomic mass is 9.94. The lowest BCUT2D eigenvalue weighted by Crippen LogP contribution is -2.09. The number of fused-ring (bicyclic) bond motifs is 8. The molecule has 0 unspecified atom stereocenters. The summed E-state index contributed by atoms with van der Waals surface area (Å²) in [6.07, 6.45) is 4.15. The Kier molecular flexibility index (Phi) is 10.8. The molecule has 0 fully saturated rings. The molecule has 2 radical (unpaired) electrons. The van der Waals surface area contributed by atoms with Crippen LogP contribution >= 0.6 is 0 Å². The quantitative estimate of drug-likeness (QED) is 0.144. The number of rotatable bonds is 8. The molecule has 0 saturated heterocycles. The van der Waals surface area contributed by atoms with E-state index in [0.29, 0.717) is 36.8 Å². The molecule has 0 atom stereocenters. The van der Waals surface area contributed by atoms with Crippen LogP contribution in [-0.4, -0.2) is 63.0 Å². The fourth-order valence-electron chi connectivity index (χ4n) is 8.21. The molecule has 7 aromatic rings. The molecule has 276 valence electrons. The summed E-state index contributed by atoms with van der Waals surface area (Å²) in [6.45, 7) is 7.13. The minimum atomic E-state index is 0. The molecule has 0 amide bonds. The molecule has 9 heteroatoms. The Morgan fingerprint density at radius 1 is 0.544 bits per heavy atom. The van der Waals surface area contributed by atoms with Crippen molar-refractivity contribution >= 4 is 68.8 Å². The van der Waals surface area contributed by atoms with Crippen molar-refractivity contribution in [1.29, 1.82) is 0 Å². The molecule has 3 aromatic heterocycles. The van der Waals surface area contributed by atoms with Gasteiger partial charge >= 0.3 is 0 Å². The Morgan fingerprint density at radius 2 is 1.11 bits per heavy atom. The molecule has 2 aliphatic heterocycles. The van der Waals surface area contributed by atoms with Crippen LogP contribution in [0.25, 0.3) is 34.1 Å². The van der Waals surface area contributed by atoms with Gasteiger partial charge in [-0.1, -0.05) is 121 Å². The maximum absolute atomic E-state index is 5.35. The van der Waals surface area contributed by atoms with Gasteiger partial charge in [0.1, 0.15) is 0 Å². The van der Waals surface area contributed by atoms with Crippen LogP contribution < -0.4 is 0 Å². The average Bonchev–Trinajstić information content (AvgIpc) is 3.96. The zero-order valence-electron chi connectivity index (χ0n) is 32.8. The van der Waals surface area contributed by atoms with Gasteiger partial charge in [-0.05, 0) is 77.8 Å². The molecular formula is C48H42MgN8. The van der Waals surface area contributed by atoms with Gasteiger partial charge in [0, 0.05) is 60.1 Å². The van der Waals surface area contributed by atoms with Crippen LogP contribution in [0, 0.1) is 13.8 Å². The van der Waals surface area contributed by atoms with E-state index in [9.17, 15) is 0 Å². The molecule has 4 aromatic carbocycles. The fraction of sp³-hybridized carbons (Fsp3) is 0.167. The predicted octanol–water partition coefficient (Wildman–Crippen LogP) is 9.37. The molecule has 9 rings (SSSR count). The first kappa shape index (κ1) is 37.9. The van der Waals surface area contributed by atoms with Gasteiger partial charge in [0.15, 0.2) is 5.65 Å². The number of benzene rings is 4. The zero-order valence-corrected chi connectivity index (χ0v) is 34.2. The van der Waals surface area contributed by atoms with Crippen molar-refractivity contribution in [3.63, 3.8) is 0 Å². The highest BCUT2D eigenvalue weighted by molar-refractivity contribution is 6.06. The maximum atomic E-state index is 5.35. The summed E-state index contributed by atoms with van der Waals surface area (Å²) in [6, 6.07) is 44.2. The standard InChI is InChI=1S/C48H42N8.Mg/c1-31-25-38-29-42-53-54-48(56(42)30-37-23-15-8-16-24-37)52-47-50-41(28-36-21-13-7-14-22-36)44(51-47)40(27-35-19-11-6-12-20-35)46-39(26-34-17-9-5-10-18-34)32(2)45(55(46)4)33(3)43(31)49-38;/h5-25,29H,26-28,30H2,1-4H3;. The number of aryl methyl sites for hydroxylation is 3. The van der Waals surface area contributed by atoms with E-state index in [2.05, 4.69) is 146 Å². The third-order valence-electron chi connectivity index (χ3n) is 10.8. The van der Waals surface area contributed by atoms with Crippen LogP contribution in [0.3, 0.4) is 0 Å². The Labute approximate surface area is 348 Å². The highest BCUT2D eigenvalue weighted by Crippen LogP contribution is 2.36. The van der Waals surface area contributed by atoms with Crippen LogP contribution in [0.15, 0.2) is 132 Å². The second-order valence-electron chi connectivity index (χ2n) is 14.7. The minimum absolute atomic E-state index is 0. The number of nitrogens with zero attached hydrogens (tertiary/aromatic N) is 8. The van der Waals surface area contributed by atoms with Crippen molar-refractivity contribution in [1.82, 2.24) is 34.3 Å². The fourth-order valence-corrected chi connectivity index (χ4v) is 8.21. The molecule has 8 bridgehead atoms. The Hall–Kier alpha value is -6.03. The second-order valence-corrected chi connectivity index (χ2v) is 14.7. The van der Waals surface area contributed by atoms with E-state index in [1.165, 1.54) is 22.3 Å². The van der Waals surface area contributed by atoms with Crippen molar-refractivity contribution < 1.29 is 0 Å². The monoisotopic (exact) mass is 754 g/mol. The van der Waals surface area contributed by atoms with Crippen LogP contribution in [0.5, 0.6) is 0 Å². The van der Waals surface area contributed by atoms with Gasteiger partial charge in [0.05, 0.1) is 34.9 Å². The molecule has 57 heavy (non-hydrogen) atoms. The highest BCUT2D eigenvalue weighted by atomic mass is 24.3. The number of aromatic nitrogens is 7. The minimum Gasteiger partial charge on any atom is -0.344 e. The van der Waals surface area contributed by atoms with Crippen molar-refractivity contribution in [2.45, 2.75) is 46.6 Å². The van der Waals surface area contributed by atoms with Crippen LogP contribution in [0.1, 0.15) is 68.5 Å². The first-order valence-electron chi connectivity index (χ1n) is 19.1. The summed E-state index contributed by atoms with van der Waals surface area (Å²) in [5, 5.41) is 9.28. The van der Waals surface area contributed by atoms with E-state index in [4.69, 9.17) is 19.9 Å². The summed E-state index contributed by atoms with van der Waals surface area (Å²) in [4.78, 5) is 20.9. The smallest absolute Gasteiger partial charge is 0.254 e. The second kappa shape index (κ2) is 16.2. The zero-order chi connectivity index (χ0) is 38.2. The van der Waals surface area contributed by atoms with Crippen LogP contribution in [-0.2, 0) is 32.9 Å². The summed E-state index contributed by atoms with van der Waals surface area (Å²) in [7, 11) is 2.19. The molecule has 0 spiro atoms. The largest absolute Gasteiger partial charge is 0.344 e. The van der Waals surface area contributed by atoms with Gasteiger partial charge < -0.3 is 4.57 Å². The van der Waals surface area contributed by atoms with Gasteiger partial charge in [-0.2, -0.15) is 4.98 Å². The highest BCUT2D eigenvalue weighted by Gasteiger charge is 2.25. The Morgan fingerprint density at radius 3 is 1.72 bits per heavy atom. The average molecular weight is 755 g/mol. The Balaban J connectivity index is 0.00000455. The van der Waals surface area contributed by atoms with Crippen molar-refractivity contribution in [2.24, 2.45) is 12.0 Å². The van der Waals surface area contributed by atoms with Crippen LogP contribution in [0.2, 0.25) is 0 Å². The van der Waals surface area contributed by atoms with Crippen molar-refractivity contribution in [3.8, 4) is 0 Å². The van der Waals surface area contributed by atoms with E-state index < -0.39 is 0 Å². The third kappa shape index (κ3) is 7.60. The first-order valence-corrected chi connectivity index (χ1v) is 19.1. The molecule has 0 N–H and O–H groups in total. The van der Waals surface area contributed by atoms with Gasteiger partial charge in [-0.15, -0.1) is 10.2 Å². The van der Waals surface area contributed by atoms with Crippen molar-refractivity contribution in [2.75, 3.05) is 0 Å². The first-order chi connectivity index (χ1) is 27.4. The van der Waals surface area contributed by atoms with E-state index in [0.717, 1.165) is 68.1 Å². The predicted molar refractivity (Wildman–Crippen MR) is 232 cm³/mol. The summed E-state index contributed by atoms with van der Waals surface area (Å²) in [5.74, 6) is 0.799. The Bertz CT molecular complexity index is 2820. The lowest BCUT2D eigenvalue weighted by molar-refractivity contribution is 0.844. The van der Waals surface area contributed by atoms with Gasteiger partial charge in [-0.25, -0.2) is 15.0 Å². The topological polar surface area (TPSA) is 86.7 Å². The molecule has 2 aliphatic rings. The van der Waals surface area contributed by atoms with Gasteiger partial charge in [0.25, 0.3) is 11.7 Å². The molecule has 5 heterocycles. The van der Waals surface area contributed by atoms with E-state index >= 15 is 0 Å². The summed E-state index contributed by atoms with van der Waals surface area (Å²) in [5.41, 5.74) is 17.0. The maximum Gasteiger partial charge on any atom is 0.254 e. The number of hydrogen-bond acceptors (Lipinski definition) is 6. The molecule has 0 saturated carbocycles. The number of aliphatic imine (C=N–C) groups is 1. The summed E-state index contributed by atoms with van der Waals surface area (Å²) < 4.78 is 4.40. The number of hydrogen-bond donors (Lipinski definition) is 0. The van der Waals surface area contributed by atoms with E-state index in [-0.39, 0.29) is 23.1 Å². The number of allylic oxidation sites excluding steroid dienone is 1. The van der Waals surface area contributed by atoms with Gasteiger partial charge in [-0.3, -0.25) is 4.57 Å². The lowest BCUT2D eigenvalue weighted by Gasteiger charge is -2.12. The molecule has 0 aliphatic carbocycles.